The molecule has 4 rings (SSSR count). The van der Waals surface area contributed by atoms with Gasteiger partial charge in [0.2, 0.25) is 0 Å². The maximum Gasteiger partial charge on any atom is 0.253 e. The molecule has 29 heavy (non-hydrogen) atoms. The molecule has 2 aromatic carbocycles. The van der Waals surface area contributed by atoms with Gasteiger partial charge in [0.05, 0.1) is 23.6 Å². The summed E-state index contributed by atoms with van der Waals surface area (Å²) < 4.78 is 11.7. The molecule has 1 spiro atoms. The highest BCUT2D eigenvalue weighted by molar-refractivity contribution is 6.36. The molecular formula is C22H21Cl2NO4. The Morgan fingerprint density at radius 2 is 1.86 bits per heavy atom. The maximum atomic E-state index is 12.8. The van der Waals surface area contributed by atoms with Crippen LogP contribution in [0.15, 0.2) is 36.4 Å². The smallest absolute Gasteiger partial charge is 0.253 e. The first kappa shape index (κ1) is 20.0. The van der Waals surface area contributed by atoms with E-state index in [9.17, 15) is 9.59 Å². The highest BCUT2D eigenvalue weighted by Gasteiger charge is 2.44. The third kappa shape index (κ3) is 3.94. The molecule has 2 aromatic rings. The Kier molecular flexibility index (Phi) is 5.45. The fraction of sp³-hybridized carbons (Fsp3) is 0.364. The molecule has 2 heterocycles. The molecule has 0 atom stereocenters. The van der Waals surface area contributed by atoms with Gasteiger partial charge in [-0.05, 0) is 43.3 Å². The van der Waals surface area contributed by atoms with Crippen molar-refractivity contribution in [3.63, 3.8) is 0 Å². The van der Waals surface area contributed by atoms with Gasteiger partial charge in [0.15, 0.2) is 5.78 Å². The van der Waals surface area contributed by atoms with E-state index in [2.05, 4.69) is 0 Å². The first-order valence-electron chi connectivity index (χ1n) is 9.64. The summed E-state index contributed by atoms with van der Waals surface area (Å²) in [6, 6.07) is 10.3. The van der Waals surface area contributed by atoms with Gasteiger partial charge in [0.25, 0.3) is 5.91 Å². The average molecular weight is 434 g/mol. The van der Waals surface area contributed by atoms with Gasteiger partial charge in [-0.15, -0.1) is 0 Å². The molecule has 1 amide bonds. The number of nitrogens with zero attached hydrogens (tertiary/aromatic N) is 1. The van der Waals surface area contributed by atoms with Crippen molar-refractivity contribution in [1.29, 1.82) is 0 Å². The van der Waals surface area contributed by atoms with Crippen LogP contribution in [0.1, 0.15) is 46.9 Å². The largest absolute Gasteiger partial charge is 0.494 e. The van der Waals surface area contributed by atoms with Gasteiger partial charge in [0, 0.05) is 36.5 Å². The lowest BCUT2D eigenvalue weighted by Crippen LogP contribution is -2.52. The summed E-state index contributed by atoms with van der Waals surface area (Å²) in [4.78, 5) is 27.3. The molecule has 0 radical (unpaired) electrons. The molecule has 5 nitrogen and oxygen atoms in total. The van der Waals surface area contributed by atoms with E-state index in [-0.39, 0.29) is 18.1 Å². The highest BCUT2D eigenvalue weighted by atomic mass is 35.5. The number of halogens is 2. The first-order valence-corrected chi connectivity index (χ1v) is 10.4. The SMILES string of the molecule is CCOc1ccc(C(=O)N2CCC3(CC2)CC(=O)c2cc(Cl)cc(Cl)c2O3)cc1. The Bertz CT molecular complexity index is 950. The minimum Gasteiger partial charge on any atom is -0.494 e. The third-order valence-electron chi connectivity index (χ3n) is 5.48. The van der Waals surface area contributed by atoms with Crippen molar-refractivity contribution in [2.45, 2.75) is 31.8 Å². The predicted octanol–water partition coefficient (Wildman–Crippen LogP) is 5.03. The molecule has 0 bridgehead atoms. The molecule has 1 saturated heterocycles. The van der Waals surface area contributed by atoms with E-state index in [1.807, 2.05) is 6.92 Å². The second-order valence-electron chi connectivity index (χ2n) is 7.40. The maximum absolute atomic E-state index is 12.8. The Morgan fingerprint density at radius 3 is 2.52 bits per heavy atom. The number of fused-ring (bicyclic) bond motifs is 1. The molecular weight excluding hydrogens is 413 g/mol. The van der Waals surface area contributed by atoms with E-state index < -0.39 is 5.60 Å². The number of hydrogen-bond acceptors (Lipinski definition) is 4. The second-order valence-corrected chi connectivity index (χ2v) is 8.24. The number of rotatable bonds is 3. The average Bonchev–Trinajstić information content (AvgIpc) is 2.70. The zero-order valence-corrected chi connectivity index (χ0v) is 17.6. The number of Topliss-reactive ketones (excluding diaryl/α,β-unsaturated/α-hetero) is 1. The van der Waals surface area contributed by atoms with Crippen LogP contribution < -0.4 is 9.47 Å². The minimum absolute atomic E-state index is 0.0260. The van der Waals surface area contributed by atoms with Crippen molar-refractivity contribution >= 4 is 34.9 Å². The fourth-order valence-corrected chi connectivity index (χ4v) is 4.48. The molecule has 7 heteroatoms. The zero-order chi connectivity index (χ0) is 20.6. The van der Waals surface area contributed by atoms with Crippen molar-refractivity contribution in [3.8, 4) is 11.5 Å². The number of carbonyl (C=O) groups excluding carboxylic acids is 2. The van der Waals surface area contributed by atoms with Crippen molar-refractivity contribution < 1.29 is 19.1 Å². The van der Waals surface area contributed by atoms with Crippen LogP contribution in [0.5, 0.6) is 11.5 Å². The minimum atomic E-state index is -0.628. The molecule has 152 valence electrons. The van der Waals surface area contributed by atoms with Crippen molar-refractivity contribution in [2.24, 2.45) is 0 Å². The fourth-order valence-electron chi connectivity index (χ4n) is 3.95. The summed E-state index contributed by atoms with van der Waals surface area (Å²) in [5.41, 5.74) is 0.422. The standard InChI is InChI=1S/C22H21Cl2NO4/c1-2-28-16-5-3-14(4-6-16)21(27)25-9-7-22(8-10-25)13-19(26)17-11-15(23)12-18(24)20(17)29-22/h3-6,11-12H,2,7-10,13H2,1H3. The van der Waals surface area contributed by atoms with Gasteiger partial charge in [0.1, 0.15) is 17.1 Å². The second kappa shape index (κ2) is 7.88. The summed E-state index contributed by atoms with van der Waals surface area (Å²) >= 11 is 12.3. The molecule has 1 fully saturated rings. The predicted molar refractivity (Wildman–Crippen MR) is 112 cm³/mol. The molecule has 0 aliphatic carbocycles. The summed E-state index contributed by atoms with van der Waals surface area (Å²) in [5.74, 6) is 1.09. The van der Waals surface area contributed by atoms with Gasteiger partial charge >= 0.3 is 0 Å². The van der Waals surface area contributed by atoms with Crippen LogP contribution in [0.3, 0.4) is 0 Å². The number of likely N-dealkylation sites (tertiary alicyclic amines) is 1. The highest BCUT2D eigenvalue weighted by Crippen LogP contribution is 2.44. The van der Waals surface area contributed by atoms with Crippen molar-refractivity contribution in [3.05, 3.63) is 57.6 Å². The molecule has 0 aromatic heterocycles. The number of amides is 1. The Balaban J connectivity index is 1.46. The lowest BCUT2D eigenvalue weighted by molar-refractivity contribution is -0.00564. The third-order valence-corrected chi connectivity index (χ3v) is 5.98. The van der Waals surface area contributed by atoms with E-state index in [1.165, 1.54) is 0 Å². The van der Waals surface area contributed by atoms with Crippen LogP contribution in [0, 0.1) is 0 Å². The summed E-state index contributed by atoms with van der Waals surface area (Å²) in [6.45, 7) is 3.53. The van der Waals surface area contributed by atoms with Crippen LogP contribution in [0.4, 0.5) is 0 Å². The van der Waals surface area contributed by atoms with Crippen molar-refractivity contribution in [1.82, 2.24) is 4.90 Å². The Hall–Kier alpha value is -2.24. The van der Waals surface area contributed by atoms with E-state index in [4.69, 9.17) is 32.7 Å². The number of benzene rings is 2. The van der Waals surface area contributed by atoms with Gasteiger partial charge in [-0.1, -0.05) is 23.2 Å². The van der Waals surface area contributed by atoms with Crippen LogP contribution in [-0.2, 0) is 0 Å². The van der Waals surface area contributed by atoms with Crippen LogP contribution in [-0.4, -0.2) is 41.9 Å². The summed E-state index contributed by atoms with van der Waals surface area (Å²) in [7, 11) is 0. The van der Waals surface area contributed by atoms with Crippen LogP contribution in [0.25, 0.3) is 0 Å². The lowest BCUT2D eigenvalue weighted by atomic mass is 9.82. The van der Waals surface area contributed by atoms with Gasteiger partial charge in [-0.2, -0.15) is 0 Å². The number of piperidine rings is 1. The van der Waals surface area contributed by atoms with Crippen LogP contribution in [0.2, 0.25) is 10.0 Å². The van der Waals surface area contributed by atoms with Crippen molar-refractivity contribution in [2.75, 3.05) is 19.7 Å². The first-order chi connectivity index (χ1) is 13.9. The summed E-state index contributed by atoms with van der Waals surface area (Å²) in [5, 5.41) is 0.755. The lowest BCUT2D eigenvalue weighted by Gasteiger charge is -2.44. The number of hydrogen-bond donors (Lipinski definition) is 0. The normalized spacial score (nSPS) is 17.6. The van der Waals surface area contributed by atoms with Gasteiger partial charge < -0.3 is 14.4 Å². The van der Waals surface area contributed by atoms with Crippen LogP contribution >= 0.6 is 23.2 Å². The van der Waals surface area contributed by atoms with Gasteiger partial charge in [-0.25, -0.2) is 0 Å². The van der Waals surface area contributed by atoms with E-state index in [0.717, 1.165) is 5.75 Å². The van der Waals surface area contributed by atoms with Gasteiger partial charge in [-0.3, -0.25) is 9.59 Å². The molecule has 2 aliphatic rings. The molecule has 0 N–H and O–H groups in total. The molecule has 0 unspecified atom stereocenters. The Morgan fingerprint density at radius 1 is 1.17 bits per heavy atom. The number of ketones is 1. The molecule has 2 aliphatic heterocycles. The topological polar surface area (TPSA) is 55.8 Å². The number of ether oxygens (including phenoxy) is 2. The molecule has 0 saturated carbocycles. The monoisotopic (exact) mass is 433 g/mol. The van der Waals surface area contributed by atoms with E-state index in [1.54, 1.807) is 41.3 Å². The number of carbonyl (C=O) groups is 2. The summed E-state index contributed by atoms with van der Waals surface area (Å²) in [6.07, 6.45) is 1.40. The quantitative estimate of drug-likeness (QED) is 0.680. The van der Waals surface area contributed by atoms with E-state index >= 15 is 0 Å². The zero-order valence-electron chi connectivity index (χ0n) is 16.0. The van der Waals surface area contributed by atoms with E-state index in [0.29, 0.717) is 59.5 Å². The Labute approximate surface area is 179 Å².